The van der Waals surface area contributed by atoms with Gasteiger partial charge in [-0.3, -0.25) is 4.79 Å². The molecule has 1 amide bonds. The Hall–Kier alpha value is -2.32. The lowest BCUT2D eigenvalue weighted by Crippen LogP contribution is -2.36. The lowest BCUT2D eigenvalue weighted by molar-refractivity contribution is -0.116. The van der Waals surface area contributed by atoms with Crippen LogP contribution in [0.1, 0.15) is 17.7 Å². The second-order valence-electron chi connectivity index (χ2n) is 5.29. The predicted molar refractivity (Wildman–Crippen MR) is 88.9 cm³/mol. The molecule has 1 aliphatic heterocycles. The monoisotopic (exact) mass is 311 g/mol. The Morgan fingerprint density at radius 2 is 2.23 bits per heavy atom. The number of carbonyl (C=O) groups is 1. The number of hydrogen-bond donors (Lipinski definition) is 1. The van der Waals surface area contributed by atoms with Gasteiger partial charge in [0.15, 0.2) is 5.13 Å². The molecule has 1 unspecified atom stereocenters. The van der Waals surface area contributed by atoms with Gasteiger partial charge in [-0.25, -0.2) is 4.98 Å². The van der Waals surface area contributed by atoms with Crippen LogP contribution < -0.4 is 10.2 Å². The van der Waals surface area contributed by atoms with Gasteiger partial charge in [0.25, 0.3) is 5.91 Å². The van der Waals surface area contributed by atoms with Crippen molar-refractivity contribution in [1.82, 2.24) is 10.3 Å². The van der Waals surface area contributed by atoms with Crippen LogP contribution in [0.5, 0.6) is 0 Å². The smallest absolute Gasteiger partial charge is 0.296 e. The van der Waals surface area contributed by atoms with E-state index in [1.807, 2.05) is 42.6 Å². The summed E-state index contributed by atoms with van der Waals surface area (Å²) in [5, 5.41) is 6.06. The fraction of sp³-hybridized carbons (Fsp3) is 0.294. The van der Waals surface area contributed by atoms with E-state index in [2.05, 4.69) is 27.0 Å². The minimum atomic E-state index is -0.217. The van der Waals surface area contributed by atoms with Crippen LogP contribution in [-0.2, 0) is 4.79 Å². The van der Waals surface area contributed by atoms with Crippen LogP contribution in [0.3, 0.4) is 0 Å². The molecule has 0 bridgehead atoms. The Morgan fingerprint density at radius 1 is 1.41 bits per heavy atom. The molecule has 22 heavy (non-hydrogen) atoms. The van der Waals surface area contributed by atoms with Gasteiger partial charge >= 0.3 is 0 Å². The highest BCUT2D eigenvalue weighted by atomic mass is 32.1. The maximum absolute atomic E-state index is 11.9. The highest BCUT2D eigenvalue weighted by Crippen LogP contribution is 2.24. The quantitative estimate of drug-likeness (QED) is 0.865. The van der Waals surface area contributed by atoms with Gasteiger partial charge in [-0.1, -0.05) is 24.1 Å². The summed E-state index contributed by atoms with van der Waals surface area (Å²) in [6, 6.07) is 9.67. The van der Waals surface area contributed by atoms with Crippen LogP contribution in [0, 0.1) is 18.8 Å². The van der Waals surface area contributed by atoms with Crippen molar-refractivity contribution in [2.24, 2.45) is 0 Å². The zero-order valence-electron chi connectivity index (χ0n) is 12.4. The number of aromatic nitrogens is 1. The van der Waals surface area contributed by atoms with Crippen molar-refractivity contribution >= 4 is 22.4 Å². The fourth-order valence-corrected chi connectivity index (χ4v) is 3.25. The first-order valence-electron chi connectivity index (χ1n) is 7.25. The molecule has 2 heterocycles. The van der Waals surface area contributed by atoms with Gasteiger partial charge in [0.1, 0.15) is 0 Å². The first-order chi connectivity index (χ1) is 10.7. The summed E-state index contributed by atoms with van der Waals surface area (Å²) in [5.74, 6) is 5.31. The molecule has 1 N–H and O–H groups in total. The van der Waals surface area contributed by atoms with Crippen molar-refractivity contribution in [1.29, 1.82) is 0 Å². The molecule has 5 heteroatoms. The van der Waals surface area contributed by atoms with Crippen molar-refractivity contribution < 1.29 is 4.79 Å². The van der Waals surface area contributed by atoms with E-state index in [4.69, 9.17) is 0 Å². The van der Waals surface area contributed by atoms with E-state index < -0.39 is 0 Å². The van der Waals surface area contributed by atoms with E-state index in [-0.39, 0.29) is 11.9 Å². The van der Waals surface area contributed by atoms with E-state index in [1.54, 1.807) is 11.3 Å². The van der Waals surface area contributed by atoms with E-state index in [1.165, 1.54) is 0 Å². The minimum absolute atomic E-state index is 0.141. The second kappa shape index (κ2) is 6.63. The van der Waals surface area contributed by atoms with Crippen molar-refractivity contribution in [3.8, 4) is 11.8 Å². The Balaban J connectivity index is 1.54. The number of hydrogen-bond acceptors (Lipinski definition) is 4. The molecule has 0 saturated carbocycles. The van der Waals surface area contributed by atoms with Crippen LogP contribution in [0.25, 0.3) is 0 Å². The summed E-state index contributed by atoms with van der Waals surface area (Å²) >= 11 is 1.65. The van der Waals surface area contributed by atoms with E-state index in [0.29, 0.717) is 0 Å². The summed E-state index contributed by atoms with van der Waals surface area (Å²) in [6.07, 6.45) is 0.928. The number of carbonyl (C=O) groups excluding carboxylic acids is 1. The lowest BCUT2D eigenvalue weighted by Gasteiger charge is -2.14. The van der Waals surface area contributed by atoms with Gasteiger partial charge in [0, 0.05) is 36.0 Å². The Morgan fingerprint density at radius 3 is 2.95 bits per heavy atom. The maximum atomic E-state index is 11.9. The van der Waals surface area contributed by atoms with E-state index in [9.17, 15) is 4.79 Å². The molecule has 3 rings (SSSR count). The van der Waals surface area contributed by atoms with Crippen LogP contribution in [-0.4, -0.2) is 30.0 Å². The standard InChI is InChI=1S/C17H17N3OS/c1-13-12-22-17(18-13)20-10-9-15(11-20)19-16(21)8-7-14-5-3-2-4-6-14/h2-6,12,15H,9-11H2,1H3,(H,19,21). The number of aryl methyl sites for hydroxylation is 1. The highest BCUT2D eigenvalue weighted by Gasteiger charge is 2.25. The SMILES string of the molecule is Cc1csc(N2CCC(NC(=O)C#Cc3ccccc3)C2)n1. The molecular formula is C17H17N3OS. The van der Waals surface area contributed by atoms with Crippen LogP contribution in [0.15, 0.2) is 35.7 Å². The van der Waals surface area contributed by atoms with Gasteiger partial charge in [-0.2, -0.15) is 0 Å². The average Bonchev–Trinajstić information content (AvgIpc) is 3.15. The Labute approximate surface area is 134 Å². The lowest BCUT2D eigenvalue weighted by atomic mass is 10.2. The van der Waals surface area contributed by atoms with Crippen LogP contribution >= 0.6 is 11.3 Å². The summed E-state index contributed by atoms with van der Waals surface area (Å²) in [4.78, 5) is 18.6. The molecule has 1 fully saturated rings. The molecular weight excluding hydrogens is 294 g/mol. The third-order valence-corrected chi connectivity index (χ3v) is 4.51. The van der Waals surface area contributed by atoms with Crippen LogP contribution in [0.4, 0.5) is 5.13 Å². The third-order valence-electron chi connectivity index (χ3n) is 3.50. The largest absolute Gasteiger partial charge is 0.346 e. The molecule has 112 valence electrons. The second-order valence-corrected chi connectivity index (χ2v) is 6.13. The molecule has 1 aromatic carbocycles. The molecule has 0 aliphatic carbocycles. The number of benzene rings is 1. The number of nitrogens with zero attached hydrogens (tertiary/aromatic N) is 2. The molecule has 2 aromatic rings. The molecule has 1 aliphatic rings. The Kier molecular flexibility index (Phi) is 4.40. The van der Waals surface area contributed by atoms with Gasteiger partial charge in [0.05, 0.1) is 5.69 Å². The van der Waals surface area contributed by atoms with Crippen molar-refractivity contribution in [2.45, 2.75) is 19.4 Å². The van der Waals surface area contributed by atoms with E-state index in [0.717, 1.165) is 35.9 Å². The normalized spacial score (nSPS) is 17.0. The van der Waals surface area contributed by atoms with Gasteiger partial charge in [-0.15, -0.1) is 11.3 Å². The predicted octanol–water partition coefficient (Wildman–Crippen LogP) is 2.20. The van der Waals surface area contributed by atoms with Crippen molar-refractivity contribution in [2.75, 3.05) is 18.0 Å². The first-order valence-corrected chi connectivity index (χ1v) is 8.13. The summed E-state index contributed by atoms with van der Waals surface area (Å²) in [6.45, 7) is 3.71. The zero-order chi connectivity index (χ0) is 15.4. The number of amides is 1. The zero-order valence-corrected chi connectivity index (χ0v) is 13.2. The highest BCUT2D eigenvalue weighted by molar-refractivity contribution is 7.13. The third kappa shape index (κ3) is 3.66. The fourth-order valence-electron chi connectivity index (χ4n) is 2.41. The number of thiazole rings is 1. The molecule has 0 radical (unpaired) electrons. The average molecular weight is 311 g/mol. The summed E-state index contributed by atoms with van der Waals surface area (Å²) < 4.78 is 0. The number of rotatable bonds is 2. The topological polar surface area (TPSA) is 45.2 Å². The molecule has 1 aromatic heterocycles. The van der Waals surface area contributed by atoms with Gasteiger partial charge < -0.3 is 10.2 Å². The Bertz CT molecular complexity index is 714. The van der Waals surface area contributed by atoms with Crippen molar-refractivity contribution in [3.63, 3.8) is 0 Å². The molecule has 4 nitrogen and oxygen atoms in total. The molecule has 1 saturated heterocycles. The van der Waals surface area contributed by atoms with Gasteiger partial charge in [0.2, 0.25) is 0 Å². The maximum Gasteiger partial charge on any atom is 0.296 e. The van der Waals surface area contributed by atoms with Crippen LogP contribution in [0.2, 0.25) is 0 Å². The molecule has 0 spiro atoms. The van der Waals surface area contributed by atoms with Crippen molar-refractivity contribution in [3.05, 3.63) is 47.0 Å². The summed E-state index contributed by atoms with van der Waals surface area (Å²) in [7, 11) is 0. The first kappa shape index (κ1) is 14.6. The van der Waals surface area contributed by atoms with Gasteiger partial charge in [-0.05, 0) is 25.5 Å². The number of nitrogens with one attached hydrogen (secondary N) is 1. The number of anilines is 1. The minimum Gasteiger partial charge on any atom is -0.346 e. The summed E-state index contributed by atoms with van der Waals surface area (Å²) in [5.41, 5.74) is 1.89. The van der Waals surface area contributed by atoms with E-state index >= 15 is 0 Å². The molecule has 1 atom stereocenters.